The van der Waals surface area contributed by atoms with E-state index in [0.29, 0.717) is 5.56 Å². The molecule has 4 heteroatoms. The molecule has 3 aromatic rings. The summed E-state index contributed by atoms with van der Waals surface area (Å²) in [6.07, 6.45) is 0.783. The van der Waals surface area contributed by atoms with Gasteiger partial charge >= 0.3 is 0 Å². The number of thiazole rings is 1. The largest absolute Gasteiger partial charge is 0.399 e. The summed E-state index contributed by atoms with van der Waals surface area (Å²) in [5.74, 6) is 0. The van der Waals surface area contributed by atoms with E-state index in [9.17, 15) is 0 Å². The van der Waals surface area contributed by atoms with E-state index >= 15 is 0 Å². The summed E-state index contributed by atoms with van der Waals surface area (Å²) in [5.41, 5.74) is 9.28. The zero-order valence-corrected chi connectivity index (χ0v) is 10.9. The highest BCUT2D eigenvalue weighted by Crippen LogP contribution is 2.25. The highest BCUT2D eigenvalue weighted by Gasteiger charge is 2.05. The number of hydrogen-bond donors (Lipinski definition) is 1. The highest BCUT2D eigenvalue weighted by molar-refractivity contribution is 7.18. The first-order valence-electron chi connectivity index (χ1n) is 5.88. The van der Waals surface area contributed by atoms with Crippen molar-refractivity contribution in [1.29, 1.82) is 5.26 Å². The lowest BCUT2D eigenvalue weighted by molar-refractivity contribution is 1.15. The highest BCUT2D eigenvalue weighted by atomic mass is 32.1. The van der Waals surface area contributed by atoms with Crippen LogP contribution in [0.5, 0.6) is 0 Å². The van der Waals surface area contributed by atoms with Gasteiger partial charge in [0.15, 0.2) is 0 Å². The van der Waals surface area contributed by atoms with Gasteiger partial charge in [-0.15, -0.1) is 11.3 Å². The molecule has 0 bridgehead atoms. The lowest BCUT2D eigenvalue weighted by atomic mass is 10.1. The Morgan fingerprint density at radius 1 is 1.16 bits per heavy atom. The van der Waals surface area contributed by atoms with Crippen molar-refractivity contribution in [3.8, 4) is 6.07 Å². The molecule has 1 heterocycles. The monoisotopic (exact) mass is 265 g/mol. The summed E-state index contributed by atoms with van der Waals surface area (Å²) in [7, 11) is 0. The fourth-order valence-corrected chi connectivity index (χ4v) is 2.92. The molecule has 0 atom stereocenters. The molecule has 3 rings (SSSR count). The number of nitrogens with zero attached hydrogens (tertiary/aromatic N) is 2. The van der Waals surface area contributed by atoms with E-state index < -0.39 is 0 Å². The molecule has 1 aromatic heterocycles. The van der Waals surface area contributed by atoms with Crippen molar-refractivity contribution in [3.05, 3.63) is 58.6 Å². The maximum atomic E-state index is 8.77. The van der Waals surface area contributed by atoms with Crippen LogP contribution in [0.25, 0.3) is 10.2 Å². The molecule has 2 N–H and O–H groups in total. The van der Waals surface area contributed by atoms with Gasteiger partial charge in [0.1, 0.15) is 0 Å². The molecular weight excluding hydrogens is 254 g/mol. The van der Waals surface area contributed by atoms with E-state index in [-0.39, 0.29) is 0 Å². The van der Waals surface area contributed by atoms with E-state index in [2.05, 4.69) is 11.1 Å². The van der Waals surface area contributed by atoms with Crippen LogP contribution in [0.1, 0.15) is 16.1 Å². The first-order valence-corrected chi connectivity index (χ1v) is 6.70. The second kappa shape index (κ2) is 4.71. The van der Waals surface area contributed by atoms with Crippen LogP contribution in [0.15, 0.2) is 42.5 Å². The predicted octanol–water partition coefficient (Wildman–Crippen LogP) is 3.34. The Morgan fingerprint density at radius 3 is 2.68 bits per heavy atom. The van der Waals surface area contributed by atoms with Crippen LogP contribution in [-0.2, 0) is 6.42 Å². The number of hydrogen-bond acceptors (Lipinski definition) is 4. The van der Waals surface area contributed by atoms with Gasteiger partial charge in [-0.3, -0.25) is 0 Å². The standard InChI is InChI=1S/C15H11N3S/c16-9-11-3-1-10(2-4-11)7-15-18-13-8-12(17)5-6-14(13)19-15/h1-6,8H,7,17H2. The van der Waals surface area contributed by atoms with Crippen molar-refractivity contribution in [2.45, 2.75) is 6.42 Å². The minimum Gasteiger partial charge on any atom is -0.399 e. The van der Waals surface area contributed by atoms with Crippen molar-refractivity contribution in [3.63, 3.8) is 0 Å². The van der Waals surface area contributed by atoms with E-state index in [1.807, 2.05) is 42.5 Å². The van der Waals surface area contributed by atoms with Gasteiger partial charge in [-0.2, -0.15) is 5.26 Å². The summed E-state index contributed by atoms with van der Waals surface area (Å²) in [6.45, 7) is 0. The summed E-state index contributed by atoms with van der Waals surface area (Å²) < 4.78 is 1.15. The zero-order chi connectivity index (χ0) is 13.2. The van der Waals surface area contributed by atoms with Crippen LogP contribution in [0.3, 0.4) is 0 Å². The van der Waals surface area contributed by atoms with Crippen LogP contribution in [-0.4, -0.2) is 4.98 Å². The van der Waals surface area contributed by atoms with Gasteiger partial charge in [0.2, 0.25) is 0 Å². The van der Waals surface area contributed by atoms with Gasteiger partial charge in [-0.05, 0) is 35.9 Å². The second-order valence-electron chi connectivity index (χ2n) is 4.32. The molecule has 0 saturated carbocycles. The molecule has 0 aliphatic carbocycles. The van der Waals surface area contributed by atoms with Crippen molar-refractivity contribution in [2.75, 3.05) is 5.73 Å². The lowest BCUT2D eigenvalue weighted by Crippen LogP contribution is -1.87. The Bertz CT molecular complexity index is 766. The van der Waals surface area contributed by atoms with Crippen LogP contribution in [0.4, 0.5) is 5.69 Å². The maximum Gasteiger partial charge on any atom is 0.0991 e. The summed E-state index contributed by atoms with van der Waals surface area (Å²) in [6, 6.07) is 15.5. The molecule has 0 spiro atoms. The normalized spacial score (nSPS) is 10.5. The Hall–Kier alpha value is -2.38. The number of benzene rings is 2. The predicted molar refractivity (Wildman–Crippen MR) is 78.0 cm³/mol. The number of nitriles is 1. The summed E-state index contributed by atoms with van der Waals surface area (Å²) >= 11 is 1.68. The third-order valence-electron chi connectivity index (χ3n) is 2.89. The number of nitrogen functional groups attached to an aromatic ring is 1. The van der Waals surface area contributed by atoms with Crippen molar-refractivity contribution >= 4 is 27.2 Å². The van der Waals surface area contributed by atoms with Crippen LogP contribution < -0.4 is 5.73 Å². The molecule has 0 saturated heterocycles. The Balaban J connectivity index is 1.90. The van der Waals surface area contributed by atoms with Crippen molar-refractivity contribution < 1.29 is 0 Å². The zero-order valence-electron chi connectivity index (χ0n) is 10.1. The SMILES string of the molecule is N#Cc1ccc(Cc2nc3cc(N)ccc3s2)cc1. The molecule has 0 aliphatic heterocycles. The minimum atomic E-state index is 0.681. The molecule has 0 fully saturated rings. The van der Waals surface area contributed by atoms with Gasteiger partial charge in [-0.1, -0.05) is 12.1 Å². The summed E-state index contributed by atoms with van der Waals surface area (Å²) in [5, 5.41) is 9.83. The van der Waals surface area contributed by atoms with Gasteiger partial charge < -0.3 is 5.73 Å². The maximum absolute atomic E-state index is 8.77. The third kappa shape index (κ3) is 2.42. The van der Waals surface area contributed by atoms with E-state index in [1.54, 1.807) is 11.3 Å². The van der Waals surface area contributed by atoms with E-state index in [1.165, 1.54) is 0 Å². The molecule has 0 unspecified atom stereocenters. The smallest absolute Gasteiger partial charge is 0.0991 e. The fourth-order valence-electron chi connectivity index (χ4n) is 1.94. The van der Waals surface area contributed by atoms with Crippen molar-refractivity contribution in [1.82, 2.24) is 4.98 Å². The second-order valence-corrected chi connectivity index (χ2v) is 5.44. The fraction of sp³-hybridized carbons (Fsp3) is 0.0667. The van der Waals surface area contributed by atoms with Crippen molar-refractivity contribution in [2.24, 2.45) is 0 Å². The first kappa shape index (κ1) is 11.7. The van der Waals surface area contributed by atoms with E-state index in [4.69, 9.17) is 11.0 Å². The quantitative estimate of drug-likeness (QED) is 0.723. The average molecular weight is 265 g/mol. The topological polar surface area (TPSA) is 62.7 Å². The number of fused-ring (bicyclic) bond motifs is 1. The van der Waals surface area contributed by atoms with Gasteiger partial charge in [0.25, 0.3) is 0 Å². The molecule has 92 valence electrons. The molecule has 0 radical (unpaired) electrons. The molecular formula is C15H11N3S. The summed E-state index contributed by atoms with van der Waals surface area (Å²) in [4.78, 5) is 4.58. The van der Waals surface area contributed by atoms with Gasteiger partial charge in [0, 0.05) is 12.1 Å². The minimum absolute atomic E-state index is 0.681. The average Bonchev–Trinajstić information content (AvgIpc) is 2.81. The van der Waals surface area contributed by atoms with Crippen LogP contribution >= 0.6 is 11.3 Å². The lowest BCUT2D eigenvalue weighted by Gasteiger charge is -1.97. The van der Waals surface area contributed by atoms with Gasteiger partial charge in [-0.25, -0.2) is 4.98 Å². The van der Waals surface area contributed by atoms with Gasteiger partial charge in [0.05, 0.1) is 26.9 Å². The molecule has 0 amide bonds. The molecule has 3 nitrogen and oxygen atoms in total. The first-order chi connectivity index (χ1) is 9.24. The third-order valence-corrected chi connectivity index (χ3v) is 3.93. The molecule has 0 aliphatic rings. The number of rotatable bonds is 2. The molecule has 2 aromatic carbocycles. The van der Waals surface area contributed by atoms with Crippen LogP contribution in [0.2, 0.25) is 0 Å². The van der Waals surface area contributed by atoms with Crippen LogP contribution in [0, 0.1) is 11.3 Å². The molecule has 19 heavy (non-hydrogen) atoms. The Morgan fingerprint density at radius 2 is 1.95 bits per heavy atom. The Kier molecular flexibility index (Phi) is 2.90. The number of nitrogens with two attached hydrogens (primary N) is 1. The number of aromatic nitrogens is 1. The number of anilines is 1. The van der Waals surface area contributed by atoms with E-state index in [0.717, 1.165) is 32.9 Å². The Labute approximate surface area is 114 Å².